The second-order valence-electron chi connectivity index (χ2n) is 8.07. The molecule has 0 aromatic carbocycles. The molecule has 0 saturated heterocycles. The van der Waals surface area contributed by atoms with Crippen molar-refractivity contribution in [2.45, 2.75) is 52.9 Å². The monoisotopic (exact) mass is 436 g/mol. The first-order valence-corrected chi connectivity index (χ1v) is 10.7. The molecule has 1 saturated carbocycles. The molecule has 2 aliphatic carbocycles. The fraction of sp³-hybridized carbons (Fsp3) is 0.565. The molecule has 0 spiro atoms. The van der Waals surface area contributed by atoms with Gasteiger partial charge in [0.2, 0.25) is 0 Å². The van der Waals surface area contributed by atoms with Gasteiger partial charge < -0.3 is 0 Å². The standard InChI is InChI=1S/C23H33I/c1-8-20(22(7,9-2)14-15-24)19(6)23-12-10-16(3)18(5)21(23)17(4)11-13-23/h8-9,16,20H,1-2,4,6,10-15H2,3,5,7H3. The first-order valence-electron chi connectivity index (χ1n) is 9.18. The molecule has 0 aromatic heterocycles. The number of halogens is 1. The summed E-state index contributed by atoms with van der Waals surface area (Å²) in [5, 5.41) is 0. The van der Waals surface area contributed by atoms with Gasteiger partial charge in [0.25, 0.3) is 0 Å². The fourth-order valence-electron chi connectivity index (χ4n) is 4.96. The molecule has 2 aliphatic rings. The van der Waals surface area contributed by atoms with Gasteiger partial charge in [0.05, 0.1) is 0 Å². The third-order valence-corrected chi connectivity index (χ3v) is 7.40. The lowest BCUT2D eigenvalue weighted by Gasteiger charge is -2.46. The van der Waals surface area contributed by atoms with Crippen molar-refractivity contribution in [3.63, 3.8) is 0 Å². The van der Waals surface area contributed by atoms with Crippen molar-refractivity contribution in [2.24, 2.45) is 22.7 Å². The van der Waals surface area contributed by atoms with Gasteiger partial charge in [-0.2, -0.15) is 0 Å². The Morgan fingerprint density at radius 2 is 2.08 bits per heavy atom. The summed E-state index contributed by atoms with van der Waals surface area (Å²) in [5.74, 6) is 0.935. The maximum Gasteiger partial charge on any atom is 0.0170 e. The molecule has 1 heteroatoms. The molecule has 0 aliphatic heterocycles. The Bertz CT molecular complexity index is 593. The van der Waals surface area contributed by atoms with Crippen molar-refractivity contribution in [1.29, 1.82) is 0 Å². The first kappa shape index (κ1) is 19.8. The molecule has 4 unspecified atom stereocenters. The van der Waals surface area contributed by atoms with E-state index in [-0.39, 0.29) is 16.7 Å². The minimum Gasteiger partial charge on any atom is -0.102 e. The Labute approximate surface area is 163 Å². The van der Waals surface area contributed by atoms with Crippen molar-refractivity contribution in [1.82, 2.24) is 0 Å². The van der Waals surface area contributed by atoms with Crippen LogP contribution in [0.5, 0.6) is 0 Å². The Kier molecular flexibility index (Phi) is 6.05. The molecule has 0 radical (unpaired) electrons. The Hall–Kier alpha value is -0.570. The van der Waals surface area contributed by atoms with E-state index in [4.69, 9.17) is 0 Å². The number of allylic oxidation sites excluding steroid dienone is 6. The predicted molar refractivity (Wildman–Crippen MR) is 117 cm³/mol. The molecule has 0 amide bonds. The van der Waals surface area contributed by atoms with Gasteiger partial charge in [-0.3, -0.25) is 0 Å². The summed E-state index contributed by atoms with van der Waals surface area (Å²) in [5.41, 5.74) is 5.91. The highest BCUT2D eigenvalue weighted by Crippen LogP contribution is 2.61. The lowest BCUT2D eigenvalue weighted by Crippen LogP contribution is -2.36. The Morgan fingerprint density at radius 1 is 1.42 bits per heavy atom. The smallest absolute Gasteiger partial charge is 0.0170 e. The second-order valence-corrected chi connectivity index (χ2v) is 9.15. The van der Waals surface area contributed by atoms with Gasteiger partial charge in [0.15, 0.2) is 0 Å². The van der Waals surface area contributed by atoms with E-state index in [9.17, 15) is 0 Å². The summed E-state index contributed by atoms with van der Waals surface area (Å²) >= 11 is 2.47. The van der Waals surface area contributed by atoms with Crippen molar-refractivity contribution in [3.8, 4) is 0 Å². The van der Waals surface area contributed by atoms with Gasteiger partial charge in [0.1, 0.15) is 0 Å². The average molecular weight is 436 g/mol. The summed E-state index contributed by atoms with van der Waals surface area (Å²) < 4.78 is 1.12. The molecule has 0 bridgehead atoms. The van der Waals surface area contributed by atoms with Crippen LogP contribution in [0.3, 0.4) is 0 Å². The highest BCUT2D eigenvalue weighted by Gasteiger charge is 2.49. The predicted octanol–water partition coefficient (Wildman–Crippen LogP) is 7.45. The highest BCUT2D eigenvalue weighted by atomic mass is 127. The Balaban J connectivity index is 2.52. The van der Waals surface area contributed by atoms with Gasteiger partial charge in [-0.25, -0.2) is 0 Å². The van der Waals surface area contributed by atoms with Gasteiger partial charge in [-0.05, 0) is 55.9 Å². The van der Waals surface area contributed by atoms with Crippen LogP contribution in [-0.4, -0.2) is 4.43 Å². The van der Waals surface area contributed by atoms with Crippen LogP contribution >= 0.6 is 22.6 Å². The van der Waals surface area contributed by atoms with Crippen LogP contribution in [0.1, 0.15) is 52.9 Å². The average Bonchev–Trinajstić information content (AvgIpc) is 2.90. The zero-order chi connectivity index (χ0) is 18.1. The van der Waals surface area contributed by atoms with Crippen molar-refractivity contribution < 1.29 is 0 Å². The van der Waals surface area contributed by atoms with Crippen LogP contribution in [0.4, 0.5) is 0 Å². The highest BCUT2D eigenvalue weighted by molar-refractivity contribution is 14.1. The van der Waals surface area contributed by atoms with Gasteiger partial charge >= 0.3 is 0 Å². The SMILES string of the molecule is C=CC(C(=C)C12CCC(=C)C1=C(C)C(C)CC2)C(C)(C=C)CCI. The third kappa shape index (κ3) is 3.02. The molecular weight excluding hydrogens is 403 g/mol. The van der Waals surface area contributed by atoms with Crippen molar-refractivity contribution in [2.75, 3.05) is 4.43 Å². The molecule has 0 nitrogen and oxygen atoms in total. The van der Waals surface area contributed by atoms with E-state index in [0.717, 1.165) is 17.3 Å². The minimum atomic E-state index is 0.0285. The number of hydrogen-bond donors (Lipinski definition) is 0. The fourth-order valence-corrected chi connectivity index (χ4v) is 6.12. The summed E-state index contributed by atoms with van der Waals surface area (Å²) in [4.78, 5) is 0. The maximum absolute atomic E-state index is 4.68. The number of alkyl halides is 1. The molecule has 132 valence electrons. The normalized spacial score (nSPS) is 30.5. The summed E-state index contributed by atoms with van der Waals surface area (Å²) in [7, 11) is 0. The molecule has 1 fully saturated rings. The van der Waals surface area contributed by atoms with Crippen LogP contribution < -0.4 is 0 Å². The van der Waals surface area contributed by atoms with Crippen LogP contribution in [0.15, 0.2) is 60.8 Å². The van der Waals surface area contributed by atoms with E-state index >= 15 is 0 Å². The quantitative estimate of drug-likeness (QED) is 0.221. The number of rotatable bonds is 7. The summed E-state index contributed by atoms with van der Waals surface area (Å²) in [6, 6.07) is 0. The molecule has 24 heavy (non-hydrogen) atoms. The molecule has 0 aromatic rings. The van der Waals surface area contributed by atoms with Gasteiger partial charge in [-0.1, -0.05) is 78.5 Å². The second kappa shape index (κ2) is 7.35. The molecule has 4 atom stereocenters. The van der Waals surface area contributed by atoms with E-state index in [0.29, 0.717) is 5.92 Å². The van der Waals surface area contributed by atoms with Crippen LogP contribution in [0, 0.1) is 22.7 Å². The number of hydrogen-bond acceptors (Lipinski definition) is 0. The topological polar surface area (TPSA) is 0 Å². The van der Waals surface area contributed by atoms with Gasteiger partial charge in [-0.15, -0.1) is 13.2 Å². The van der Waals surface area contributed by atoms with Crippen molar-refractivity contribution in [3.05, 3.63) is 60.8 Å². The van der Waals surface area contributed by atoms with Gasteiger partial charge in [0, 0.05) is 15.8 Å². The number of fused-ring (bicyclic) bond motifs is 1. The van der Waals surface area contributed by atoms with E-state index < -0.39 is 0 Å². The van der Waals surface area contributed by atoms with E-state index in [2.05, 4.69) is 81.8 Å². The summed E-state index contributed by atoms with van der Waals surface area (Å²) in [6.45, 7) is 24.4. The minimum absolute atomic E-state index is 0.0285. The summed E-state index contributed by atoms with van der Waals surface area (Å²) in [6.07, 6.45) is 10.1. The molecule has 0 N–H and O–H groups in total. The zero-order valence-electron chi connectivity index (χ0n) is 15.8. The van der Waals surface area contributed by atoms with Crippen LogP contribution in [0.25, 0.3) is 0 Å². The van der Waals surface area contributed by atoms with Crippen LogP contribution in [0.2, 0.25) is 0 Å². The van der Waals surface area contributed by atoms with E-state index in [1.165, 1.54) is 36.0 Å². The molecule has 0 heterocycles. The van der Waals surface area contributed by atoms with Crippen molar-refractivity contribution >= 4 is 22.6 Å². The lowest BCUT2D eigenvalue weighted by atomic mass is 9.58. The van der Waals surface area contributed by atoms with Crippen LogP contribution in [-0.2, 0) is 0 Å². The van der Waals surface area contributed by atoms with E-state index in [1.54, 1.807) is 5.57 Å². The maximum atomic E-state index is 4.68. The zero-order valence-corrected chi connectivity index (χ0v) is 17.9. The molecule has 2 rings (SSSR count). The largest absolute Gasteiger partial charge is 0.102 e. The lowest BCUT2D eigenvalue weighted by molar-refractivity contribution is 0.258. The molecular formula is C23H33I. The Morgan fingerprint density at radius 3 is 2.62 bits per heavy atom. The first-order chi connectivity index (χ1) is 11.3. The third-order valence-electron chi connectivity index (χ3n) is 6.86. The van der Waals surface area contributed by atoms with E-state index in [1.807, 2.05) is 0 Å².